The van der Waals surface area contributed by atoms with Crippen molar-refractivity contribution in [3.05, 3.63) is 11.9 Å². The average molecular weight is 239 g/mol. The number of nitrogens with one attached hydrogen (secondary N) is 1. The molecule has 0 radical (unpaired) electrons. The van der Waals surface area contributed by atoms with E-state index in [9.17, 15) is 14.7 Å². The fourth-order valence-corrected chi connectivity index (χ4v) is 1.68. The summed E-state index contributed by atoms with van der Waals surface area (Å²) in [6.07, 6.45) is 1.26. The first kappa shape index (κ1) is 13.4. The molecular weight excluding hydrogens is 222 g/mol. The second kappa shape index (κ2) is 6.15. The molecule has 1 aliphatic rings. The molecule has 94 valence electrons. The van der Waals surface area contributed by atoms with Crippen molar-refractivity contribution in [1.29, 1.82) is 0 Å². The molecule has 0 atom stereocenters. The molecule has 0 saturated carbocycles. The second-order valence-electron chi connectivity index (χ2n) is 3.84. The number of carbonyl (C=O) groups excluding carboxylic acids is 2. The van der Waals surface area contributed by atoms with Gasteiger partial charge in [-0.15, -0.1) is 0 Å². The number of aliphatic hydroxyl groups excluding tert-OH is 1. The van der Waals surface area contributed by atoms with Gasteiger partial charge in [-0.3, -0.25) is 19.5 Å². The Kier molecular flexibility index (Phi) is 4.84. The van der Waals surface area contributed by atoms with Crippen molar-refractivity contribution in [3.8, 4) is 0 Å². The highest BCUT2D eigenvalue weighted by Crippen LogP contribution is 2.14. The van der Waals surface area contributed by atoms with Crippen molar-refractivity contribution < 1.29 is 14.7 Å². The number of hydrogen-bond donors (Lipinski definition) is 2. The lowest BCUT2D eigenvalue weighted by Crippen LogP contribution is -2.45. The van der Waals surface area contributed by atoms with Gasteiger partial charge in [-0.25, -0.2) is 0 Å². The third-order valence-corrected chi connectivity index (χ3v) is 2.60. The van der Waals surface area contributed by atoms with E-state index in [4.69, 9.17) is 0 Å². The summed E-state index contributed by atoms with van der Waals surface area (Å²) in [5, 5.41) is 12.2. The van der Waals surface area contributed by atoms with Crippen molar-refractivity contribution >= 4 is 18.5 Å². The van der Waals surface area contributed by atoms with Crippen LogP contribution in [0.15, 0.2) is 16.9 Å². The lowest BCUT2D eigenvalue weighted by atomic mass is 10.1. The molecule has 0 aromatic carbocycles. The van der Waals surface area contributed by atoms with Crippen LogP contribution in [0.1, 0.15) is 19.3 Å². The molecule has 6 heteroatoms. The molecule has 0 aliphatic carbocycles. The van der Waals surface area contributed by atoms with Crippen molar-refractivity contribution in [1.82, 2.24) is 10.2 Å². The second-order valence-corrected chi connectivity index (χ2v) is 3.84. The first-order chi connectivity index (χ1) is 8.08. The van der Waals surface area contributed by atoms with Crippen LogP contribution in [0.3, 0.4) is 0 Å². The lowest BCUT2D eigenvalue weighted by molar-refractivity contribution is -0.152. The third-order valence-electron chi connectivity index (χ3n) is 2.60. The number of hydrogen-bond acceptors (Lipinski definition) is 5. The summed E-state index contributed by atoms with van der Waals surface area (Å²) in [7, 11) is 1.74. The minimum Gasteiger partial charge on any atom is -0.392 e. The van der Waals surface area contributed by atoms with Gasteiger partial charge < -0.3 is 10.4 Å². The summed E-state index contributed by atoms with van der Waals surface area (Å²) in [5.41, 5.74) is 0.798. The van der Waals surface area contributed by atoms with Crippen LogP contribution in [0.25, 0.3) is 0 Å². The molecule has 1 fully saturated rings. The summed E-state index contributed by atoms with van der Waals surface area (Å²) in [6, 6.07) is 0. The van der Waals surface area contributed by atoms with E-state index in [1.807, 2.05) is 0 Å². The molecule has 2 N–H and O–H groups in total. The Morgan fingerprint density at radius 2 is 2.18 bits per heavy atom. The predicted molar refractivity (Wildman–Crippen MR) is 63.3 cm³/mol. The molecule has 1 rings (SSSR count). The first-order valence-corrected chi connectivity index (χ1v) is 5.42. The van der Waals surface area contributed by atoms with Crippen LogP contribution in [0.5, 0.6) is 0 Å². The van der Waals surface area contributed by atoms with E-state index in [1.165, 1.54) is 4.90 Å². The number of imide groups is 1. The summed E-state index contributed by atoms with van der Waals surface area (Å²) < 4.78 is 0. The monoisotopic (exact) mass is 239 g/mol. The number of rotatable bonds is 5. The molecule has 1 aliphatic heterocycles. The highest BCUT2D eigenvalue weighted by atomic mass is 16.3. The van der Waals surface area contributed by atoms with E-state index in [1.54, 1.807) is 13.2 Å². The zero-order valence-corrected chi connectivity index (χ0v) is 9.85. The van der Waals surface area contributed by atoms with Gasteiger partial charge in [-0.05, 0) is 6.72 Å². The largest absolute Gasteiger partial charge is 0.392 e. The van der Waals surface area contributed by atoms with Crippen LogP contribution in [0, 0.1) is 0 Å². The minimum absolute atomic E-state index is 0.0179. The smallest absolute Gasteiger partial charge is 0.231 e. The van der Waals surface area contributed by atoms with E-state index >= 15 is 0 Å². The Hall–Kier alpha value is -1.69. The topological polar surface area (TPSA) is 82.0 Å². The number of carbonyl (C=O) groups is 2. The molecular formula is C11H17N3O3. The molecule has 0 aromatic heterocycles. The van der Waals surface area contributed by atoms with Gasteiger partial charge >= 0.3 is 0 Å². The third kappa shape index (κ3) is 3.67. The van der Waals surface area contributed by atoms with Gasteiger partial charge in [0.15, 0.2) is 0 Å². The van der Waals surface area contributed by atoms with E-state index in [0.29, 0.717) is 13.0 Å². The normalized spacial score (nSPS) is 18.5. The van der Waals surface area contributed by atoms with Crippen LogP contribution < -0.4 is 5.32 Å². The van der Waals surface area contributed by atoms with Crippen molar-refractivity contribution in [2.75, 3.05) is 13.6 Å². The average Bonchev–Trinajstić information content (AvgIpc) is 2.26. The summed E-state index contributed by atoms with van der Waals surface area (Å²) in [4.78, 5) is 27.9. The Morgan fingerprint density at radius 3 is 2.65 bits per heavy atom. The summed E-state index contributed by atoms with van der Waals surface area (Å²) >= 11 is 0. The predicted octanol–water partition coefficient (Wildman–Crippen LogP) is -0.352. The van der Waals surface area contributed by atoms with Crippen LogP contribution in [-0.4, -0.2) is 48.2 Å². The summed E-state index contributed by atoms with van der Waals surface area (Å²) in [5.74, 6) is -0.647. The van der Waals surface area contributed by atoms with Gasteiger partial charge in [0.25, 0.3) is 0 Å². The molecule has 0 spiro atoms. The van der Waals surface area contributed by atoms with E-state index < -0.39 is 6.10 Å². The van der Waals surface area contributed by atoms with Crippen LogP contribution >= 0.6 is 0 Å². The fraction of sp³-hybridized carbons (Fsp3) is 0.545. The van der Waals surface area contributed by atoms with Crippen LogP contribution in [-0.2, 0) is 9.59 Å². The van der Waals surface area contributed by atoms with Crippen molar-refractivity contribution in [2.45, 2.75) is 25.4 Å². The Labute approximate surface area is 100 Å². The quantitative estimate of drug-likeness (QED) is 0.507. The first-order valence-electron chi connectivity index (χ1n) is 5.42. The molecule has 17 heavy (non-hydrogen) atoms. The Morgan fingerprint density at radius 1 is 1.59 bits per heavy atom. The van der Waals surface area contributed by atoms with Gasteiger partial charge in [-0.2, -0.15) is 0 Å². The molecule has 0 unspecified atom stereocenters. The van der Waals surface area contributed by atoms with E-state index in [0.717, 1.165) is 5.70 Å². The highest BCUT2D eigenvalue weighted by molar-refractivity contribution is 5.98. The molecule has 1 saturated heterocycles. The maximum absolute atomic E-state index is 11.5. The Balaban J connectivity index is 2.56. The van der Waals surface area contributed by atoms with Gasteiger partial charge in [0, 0.05) is 31.9 Å². The number of aliphatic hydroxyl groups is 1. The highest BCUT2D eigenvalue weighted by Gasteiger charge is 2.30. The van der Waals surface area contributed by atoms with Gasteiger partial charge in [-0.1, -0.05) is 0 Å². The molecule has 0 aromatic rings. The SMILES string of the molecule is C=N/C=C(/CCN1C(=O)CC(O)CC1=O)NC. The maximum atomic E-state index is 11.5. The Bertz CT molecular complexity index is 334. The number of nitrogens with zero attached hydrogens (tertiary/aromatic N) is 2. The van der Waals surface area contributed by atoms with Gasteiger partial charge in [0.2, 0.25) is 11.8 Å². The zero-order chi connectivity index (χ0) is 12.8. The van der Waals surface area contributed by atoms with Gasteiger partial charge in [0.1, 0.15) is 0 Å². The molecule has 0 bridgehead atoms. The van der Waals surface area contributed by atoms with Gasteiger partial charge in [0.05, 0.1) is 18.9 Å². The number of aliphatic imine (C=N–C) groups is 1. The van der Waals surface area contributed by atoms with E-state index in [-0.39, 0.29) is 24.7 Å². The van der Waals surface area contributed by atoms with Crippen LogP contribution in [0.2, 0.25) is 0 Å². The molecule has 6 nitrogen and oxygen atoms in total. The maximum Gasteiger partial charge on any atom is 0.231 e. The summed E-state index contributed by atoms with van der Waals surface area (Å²) in [6.45, 7) is 3.63. The number of likely N-dealkylation sites (tertiary alicyclic amines) is 1. The molecule has 2 amide bonds. The fourth-order valence-electron chi connectivity index (χ4n) is 1.68. The number of amides is 2. The number of piperidine rings is 1. The van der Waals surface area contributed by atoms with Crippen molar-refractivity contribution in [3.63, 3.8) is 0 Å². The van der Waals surface area contributed by atoms with Crippen LogP contribution in [0.4, 0.5) is 0 Å². The van der Waals surface area contributed by atoms with E-state index in [2.05, 4.69) is 17.0 Å². The standard InChI is InChI=1S/C11H17N3O3/c1-12-7-8(13-2)3-4-14-10(16)5-9(15)6-11(14)17/h7,9,13,15H,1,3-6H2,2H3/b8-7-. The lowest BCUT2D eigenvalue weighted by Gasteiger charge is -2.27. The zero-order valence-electron chi connectivity index (χ0n) is 9.85. The molecule has 1 heterocycles. The van der Waals surface area contributed by atoms with Crippen molar-refractivity contribution in [2.24, 2.45) is 4.99 Å². The minimum atomic E-state index is -0.833.